The summed E-state index contributed by atoms with van der Waals surface area (Å²) in [5, 5.41) is 0.935. The van der Waals surface area contributed by atoms with E-state index in [4.69, 9.17) is 4.84 Å². The Morgan fingerprint density at radius 1 is 0.842 bits per heavy atom. The summed E-state index contributed by atoms with van der Waals surface area (Å²) in [6.07, 6.45) is 0. The molecule has 0 heterocycles. The van der Waals surface area contributed by atoms with Crippen LogP contribution in [-0.2, 0) is 4.84 Å². The summed E-state index contributed by atoms with van der Waals surface area (Å²) in [5.41, 5.74) is 0.862. The Morgan fingerprint density at radius 3 is 1.84 bits per heavy atom. The molecule has 0 spiro atoms. The Bertz CT molecular complexity index is 566. The third-order valence-electron chi connectivity index (χ3n) is 2.54. The van der Waals surface area contributed by atoms with E-state index < -0.39 is 5.97 Å². The highest BCUT2D eigenvalue weighted by atomic mass is 16.7. The predicted octanol–water partition coefficient (Wildman–Crippen LogP) is 2.53. The van der Waals surface area contributed by atoms with Crippen LogP contribution in [0.1, 0.15) is 20.7 Å². The van der Waals surface area contributed by atoms with Gasteiger partial charge in [-0.15, -0.1) is 0 Å². The molecule has 2 rings (SSSR count). The Morgan fingerprint density at radius 2 is 1.32 bits per heavy atom. The molecular formula is C15H13NO3. The van der Waals surface area contributed by atoms with Crippen molar-refractivity contribution in [1.29, 1.82) is 0 Å². The van der Waals surface area contributed by atoms with Crippen LogP contribution >= 0.6 is 0 Å². The molecule has 0 fully saturated rings. The van der Waals surface area contributed by atoms with E-state index in [1.54, 1.807) is 54.6 Å². The van der Waals surface area contributed by atoms with Gasteiger partial charge in [-0.25, -0.2) is 4.79 Å². The average Bonchev–Trinajstić information content (AvgIpc) is 2.48. The van der Waals surface area contributed by atoms with Gasteiger partial charge in [0.2, 0.25) is 0 Å². The summed E-state index contributed by atoms with van der Waals surface area (Å²) in [6, 6.07) is 17.2. The van der Waals surface area contributed by atoms with Crippen LogP contribution in [0.2, 0.25) is 0 Å². The van der Waals surface area contributed by atoms with Crippen molar-refractivity contribution in [1.82, 2.24) is 5.06 Å². The minimum Gasteiger partial charge on any atom is -0.333 e. The normalized spacial score (nSPS) is 9.74. The van der Waals surface area contributed by atoms with E-state index in [0.29, 0.717) is 11.1 Å². The molecule has 96 valence electrons. The minimum absolute atomic E-state index is 0.370. The van der Waals surface area contributed by atoms with Crippen LogP contribution < -0.4 is 0 Å². The van der Waals surface area contributed by atoms with Gasteiger partial charge in [0.1, 0.15) is 0 Å². The molecule has 0 aromatic heterocycles. The van der Waals surface area contributed by atoms with Gasteiger partial charge in [0.25, 0.3) is 5.91 Å². The van der Waals surface area contributed by atoms with Gasteiger partial charge in [-0.05, 0) is 24.3 Å². The van der Waals surface area contributed by atoms with Crippen LogP contribution in [0, 0.1) is 0 Å². The van der Waals surface area contributed by atoms with Crippen LogP contribution in [0.15, 0.2) is 60.7 Å². The summed E-state index contributed by atoms with van der Waals surface area (Å²) in [4.78, 5) is 28.7. The predicted molar refractivity (Wildman–Crippen MR) is 70.4 cm³/mol. The minimum atomic E-state index is -0.563. The number of carbonyl (C=O) groups excluding carboxylic acids is 2. The lowest BCUT2D eigenvalue weighted by Gasteiger charge is -2.16. The quantitative estimate of drug-likeness (QED) is 0.775. The maximum Gasteiger partial charge on any atom is 0.363 e. The molecule has 4 nitrogen and oxygen atoms in total. The summed E-state index contributed by atoms with van der Waals surface area (Å²) in [7, 11) is 1.41. The fourth-order valence-electron chi connectivity index (χ4n) is 1.56. The van der Waals surface area contributed by atoms with Gasteiger partial charge in [-0.1, -0.05) is 36.4 Å². The van der Waals surface area contributed by atoms with Crippen molar-refractivity contribution in [3.63, 3.8) is 0 Å². The molecule has 0 aliphatic heterocycles. The summed E-state index contributed by atoms with van der Waals surface area (Å²) >= 11 is 0. The number of rotatable bonds is 2. The van der Waals surface area contributed by atoms with Crippen molar-refractivity contribution in [2.24, 2.45) is 0 Å². The number of benzene rings is 2. The second kappa shape index (κ2) is 5.82. The average molecular weight is 255 g/mol. The third kappa shape index (κ3) is 3.19. The van der Waals surface area contributed by atoms with Crippen LogP contribution in [0.3, 0.4) is 0 Å². The molecule has 0 atom stereocenters. The van der Waals surface area contributed by atoms with Crippen molar-refractivity contribution in [3.8, 4) is 0 Å². The Kier molecular flexibility index (Phi) is 3.93. The molecule has 0 saturated carbocycles. The van der Waals surface area contributed by atoms with Gasteiger partial charge in [0, 0.05) is 12.6 Å². The van der Waals surface area contributed by atoms with Crippen molar-refractivity contribution in [2.45, 2.75) is 0 Å². The molecule has 0 N–H and O–H groups in total. The van der Waals surface area contributed by atoms with Gasteiger partial charge < -0.3 is 4.84 Å². The molecule has 0 saturated heterocycles. The van der Waals surface area contributed by atoms with Crippen LogP contribution in [0.5, 0.6) is 0 Å². The van der Waals surface area contributed by atoms with Crippen molar-refractivity contribution in [3.05, 3.63) is 71.8 Å². The lowest BCUT2D eigenvalue weighted by atomic mass is 10.2. The van der Waals surface area contributed by atoms with Crippen molar-refractivity contribution in [2.75, 3.05) is 7.05 Å². The summed E-state index contributed by atoms with van der Waals surface area (Å²) in [6.45, 7) is 0. The number of amides is 1. The first-order chi connectivity index (χ1) is 9.18. The van der Waals surface area contributed by atoms with E-state index >= 15 is 0 Å². The maximum atomic E-state index is 12.0. The topological polar surface area (TPSA) is 46.6 Å². The third-order valence-corrected chi connectivity index (χ3v) is 2.54. The molecule has 0 radical (unpaired) electrons. The fraction of sp³-hybridized carbons (Fsp3) is 0.0667. The van der Waals surface area contributed by atoms with E-state index in [-0.39, 0.29) is 5.91 Å². The first kappa shape index (κ1) is 12.8. The lowest BCUT2D eigenvalue weighted by Crippen LogP contribution is -2.29. The first-order valence-electron chi connectivity index (χ1n) is 5.79. The molecular weight excluding hydrogens is 242 g/mol. The summed E-state index contributed by atoms with van der Waals surface area (Å²) < 4.78 is 0. The van der Waals surface area contributed by atoms with E-state index in [1.165, 1.54) is 7.05 Å². The fourth-order valence-corrected chi connectivity index (χ4v) is 1.56. The van der Waals surface area contributed by atoms with Crippen molar-refractivity contribution < 1.29 is 14.4 Å². The molecule has 0 bridgehead atoms. The smallest absolute Gasteiger partial charge is 0.333 e. The van der Waals surface area contributed by atoms with Gasteiger partial charge in [0.05, 0.1) is 5.56 Å². The van der Waals surface area contributed by atoms with E-state index in [9.17, 15) is 9.59 Å². The number of nitrogens with zero attached hydrogens (tertiary/aromatic N) is 1. The molecule has 2 aromatic carbocycles. The molecule has 4 heteroatoms. The SMILES string of the molecule is CN(OC(=O)c1ccccc1)C(=O)c1ccccc1. The second-order valence-corrected chi connectivity index (χ2v) is 3.91. The van der Waals surface area contributed by atoms with Crippen molar-refractivity contribution >= 4 is 11.9 Å². The number of hydrogen-bond donors (Lipinski definition) is 0. The molecule has 19 heavy (non-hydrogen) atoms. The Hall–Kier alpha value is -2.62. The highest BCUT2D eigenvalue weighted by molar-refractivity contribution is 5.95. The van der Waals surface area contributed by atoms with E-state index in [0.717, 1.165) is 5.06 Å². The number of carbonyl (C=O) groups is 2. The Balaban J connectivity index is 2.04. The van der Waals surface area contributed by atoms with Crippen LogP contribution in [0.4, 0.5) is 0 Å². The molecule has 0 unspecified atom stereocenters. The largest absolute Gasteiger partial charge is 0.363 e. The lowest BCUT2D eigenvalue weighted by molar-refractivity contribution is -0.0658. The monoisotopic (exact) mass is 255 g/mol. The van der Waals surface area contributed by atoms with Crippen LogP contribution in [-0.4, -0.2) is 24.0 Å². The first-order valence-corrected chi connectivity index (χ1v) is 5.79. The van der Waals surface area contributed by atoms with Gasteiger partial charge >= 0.3 is 5.97 Å². The highest BCUT2D eigenvalue weighted by Crippen LogP contribution is 2.07. The van der Waals surface area contributed by atoms with Gasteiger partial charge in [0.15, 0.2) is 0 Å². The zero-order valence-corrected chi connectivity index (χ0v) is 10.4. The second-order valence-electron chi connectivity index (χ2n) is 3.91. The Labute approximate surface area is 111 Å². The van der Waals surface area contributed by atoms with E-state index in [2.05, 4.69) is 0 Å². The molecule has 0 aliphatic carbocycles. The number of hydrogen-bond acceptors (Lipinski definition) is 3. The van der Waals surface area contributed by atoms with Crippen LogP contribution in [0.25, 0.3) is 0 Å². The number of hydroxylamine groups is 2. The van der Waals surface area contributed by atoms with E-state index in [1.807, 2.05) is 6.07 Å². The molecule has 2 aromatic rings. The van der Waals surface area contributed by atoms with Gasteiger partial charge in [-0.2, -0.15) is 5.06 Å². The van der Waals surface area contributed by atoms with Gasteiger partial charge in [-0.3, -0.25) is 4.79 Å². The molecule has 0 aliphatic rings. The zero-order valence-electron chi connectivity index (χ0n) is 10.4. The zero-order chi connectivity index (χ0) is 13.7. The molecule has 1 amide bonds. The highest BCUT2D eigenvalue weighted by Gasteiger charge is 2.16. The standard InChI is InChI=1S/C15H13NO3/c1-16(14(17)12-8-4-2-5-9-12)19-15(18)13-10-6-3-7-11-13/h2-11H,1H3. The summed E-state index contributed by atoms with van der Waals surface area (Å²) in [5.74, 6) is -0.933. The maximum absolute atomic E-state index is 12.0.